The van der Waals surface area contributed by atoms with E-state index in [0.29, 0.717) is 27.1 Å². The number of carbonyl (C=O) groups is 1. The second-order valence-electron chi connectivity index (χ2n) is 7.11. The number of halogens is 1. The van der Waals surface area contributed by atoms with Gasteiger partial charge in [-0.05, 0) is 60.9 Å². The van der Waals surface area contributed by atoms with Crippen LogP contribution in [0.5, 0.6) is 5.75 Å². The summed E-state index contributed by atoms with van der Waals surface area (Å²) < 4.78 is 5.24. The molecule has 0 aliphatic heterocycles. The summed E-state index contributed by atoms with van der Waals surface area (Å²) >= 11 is 7.22. The molecule has 0 amide bonds. The maximum absolute atomic E-state index is 12.6. The van der Waals surface area contributed by atoms with Crippen LogP contribution >= 0.6 is 23.4 Å². The molecule has 0 bridgehead atoms. The summed E-state index contributed by atoms with van der Waals surface area (Å²) in [7, 11) is 1.62. The number of nitriles is 1. The number of hydrogen-bond acceptors (Lipinski definition) is 5. The third-order valence-electron chi connectivity index (χ3n) is 5.02. The lowest BCUT2D eigenvalue weighted by Gasteiger charge is -2.12. The third-order valence-corrected chi connectivity index (χ3v) is 6.25. The van der Waals surface area contributed by atoms with Gasteiger partial charge >= 0.3 is 0 Å². The van der Waals surface area contributed by atoms with Crippen molar-refractivity contribution in [1.82, 2.24) is 4.98 Å². The zero-order valence-electron chi connectivity index (χ0n) is 16.4. The van der Waals surface area contributed by atoms with Gasteiger partial charge in [-0.2, -0.15) is 5.26 Å². The number of Topliss-reactive ketones (excluding diaryl/α,β-unsaturated/α-hetero) is 1. The molecular weight excluding hydrogens is 416 g/mol. The molecule has 3 aromatic rings. The van der Waals surface area contributed by atoms with E-state index in [4.69, 9.17) is 21.3 Å². The van der Waals surface area contributed by atoms with E-state index in [0.717, 1.165) is 35.4 Å². The number of rotatable bonds is 7. The van der Waals surface area contributed by atoms with Gasteiger partial charge in [0.05, 0.1) is 18.4 Å². The van der Waals surface area contributed by atoms with E-state index in [2.05, 4.69) is 6.07 Å². The monoisotopic (exact) mass is 434 g/mol. The highest BCUT2D eigenvalue weighted by Crippen LogP contribution is 2.42. The lowest BCUT2D eigenvalue weighted by molar-refractivity contribution is 0.102. The minimum absolute atomic E-state index is 0.0230. The summed E-state index contributed by atoms with van der Waals surface area (Å²) in [6.07, 6.45) is 2.21. The molecule has 0 saturated heterocycles. The summed E-state index contributed by atoms with van der Waals surface area (Å²) in [5, 5.41) is 11.1. The Morgan fingerprint density at radius 3 is 2.50 bits per heavy atom. The topological polar surface area (TPSA) is 63.0 Å². The molecule has 1 saturated carbocycles. The number of pyridine rings is 1. The van der Waals surface area contributed by atoms with E-state index >= 15 is 0 Å². The van der Waals surface area contributed by atoms with Crippen LogP contribution in [0.3, 0.4) is 0 Å². The Hall–Kier alpha value is -2.81. The Bertz CT molecular complexity index is 1120. The van der Waals surface area contributed by atoms with Crippen LogP contribution in [0, 0.1) is 11.3 Å². The van der Waals surface area contributed by atoms with E-state index in [1.165, 1.54) is 11.8 Å². The molecule has 1 aromatic heterocycles. The minimum atomic E-state index is -0.0230. The van der Waals surface area contributed by atoms with Gasteiger partial charge in [0.25, 0.3) is 0 Å². The van der Waals surface area contributed by atoms with Crippen molar-refractivity contribution in [3.8, 4) is 22.9 Å². The third kappa shape index (κ3) is 4.51. The molecule has 1 aliphatic carbocycles. The van der Waals surface area contributed by atoms with Gasteiger partial charge in [-0.15, -0.1) is 0 Å². The van der Waals surface area contributed by atoms with Crippen LogP contribution < -0.4 is 4.74 Å². The fourth-order valence-corrected chi connectivity index (χ4v) is 4.22. The first-order valence-electron chi connectivity index (χ1n) is 9.60. The zero-order chi connectivity index (χ0) is 21.1. The Morgan fingerprint density at radius 2 is 1.90 bits per heavy atom. The van der Waals surface area contributed by atoms with Gasteiger partial charge in [-0.3, -0.25) is 4.79 Å². The Kier molecular flexibility index (Phi) is 6.08. The molecule has 0 atom stereocenters. The first-order valence-corrected chi connectivity index (χ1v) is 11.0. The van der Waals surface area contributed by atoms with Gasteiger partial charge in [0.2, 0.25) is 0 Å². The van der Waals surface area contributed by atoms with Crippen LogP contribution in [-0.4, -0.2) is 23.6 Å². The van der Waals surface area contributed by atoms with Crippen molar-refractivity contribution < 1.29 is 9.53 Å². The van der Waals surface area contributed by atoms with Crippen molar-refractivity contribution in [2.45, 2.75) is 23.8 Å². The largest absolute Gasteiger partial charge is 0.497 e. The number of ketones is 1. The number of thioether (sulfide) groups is 1. The lowest BCUT2D eigenvalue weighted by Crippen LogP contribution is -2.04. The number of methoxy groups -OCH3 is 1. The highest BCUT2D eigenvalue weighted by atomic mass is 35.5. The van der Waals surface area contributed by atoms with Crippen molar-refractivity contribution in [2.24, 2.45) is 0 Å². The molecule has 2 aromatic carbocycles. The molecule has 4 rings (SSSR count). The summed E-state index contributed by atoms with van der Waals surface area (Å²) in [5.41, 5.74) is 3.86. The molecule has 0 unspecified atom stereocenters. The SMILES string of the molecule is COc1ccc(-c2cc(C3CC3)nc(SCC(=O)c3ccc(Cl)cc3)c2C#N)cc1. The molecule has 1 heterocycles. The molecule has 30 heavy (non-hydrogen) atoms. The van der Waals surface area contributed by atoms with Gasteiger partial charge in [0, 0.05) is 27.8 Å². The predicted molar refractivity (Wildman–Crippen MR) is 119 cm³/mol. The van der Waals surface area contributed by atoms with Crippen LogP contribution in [0.4, 0.5) is 0 Å². The summed E-state index contributed by atoms with van der Waals surface area (Å²) in [6, 6.07) is 18.8. The number of carbonyl (C=O) groups excluding carboxylic acids is 1. The van der Waals surface area contributed by atoms with Crippen molar-refractivity contribution in [3.63, 3.8) is 0 Å². The van der Waals surface area contributed by atoms with Gasteiger partial charge in [-0.25, -0.2) is 4.98 Å². The molecule has 150 valence electrons. The maximum atomic E-state index is 12.6. The second kappa shape index (κ2) is 8.91. The van der Waals surface area contributed by atoms with Crippen LogP contribution in [0.15, 0.2) is 59.6 Å². The Morgan fingerprint density at radius 1 is 1.20 bits per heavy atom. The van der Waals surface area contributed by atoms with Gasteiger partial charge in [0.15, 0.2) is 5.78 Å². The van der Waals surface area contributed by atoms with E-state index in [-0.39, 0.29) is 11.5 Å². The van der Waals surface area contributed by atoms with E-state index < -0.39 is 0 Å². The van der Waals surface area contributed by atoms with Crippen molar-refractivity contribution >= 4 is 29.1 Å². The average Bonchev–Trinajstić information content (AvgIpc) is 3.63. The van der Waals surface area contributed by atoms with Gasteiger partial charge < -0.3 is 4.74 Å². The van der Waals surface area contributed by atoms with Crippen LogP contribution in [0.1, 0.15) is 40.4 Å². The van der Waals surface area contributed by atoms with Crippen molar-refractivity contribution in [1.29, 1.82) is 5.26 Å². The number of ether oxygens (including phenoxy) is 1. The maximum Gasteiger partial charge on any atom is 0.173 e. The number of benzene rings is 2. The van der Waals surface area contributed by atoms with Crippen LogP contribution in [0.25, 0.3) is 11.1 Å². The second-order valence-corrected chi connectivity index (χ2v) is 8.51. The first kappa shape index (κ1) is 20.5. The first-order chi connectivity index (χ1) is 14.6. The van der Waals surface area contributed by atoms with Crippen LogP contribution in [-0.2, 0) is 0 Å². The normalized spacial score (nSPS) is 13.0. The molecule has 0 spiro atoms. The molecule has 6 heteroatoms. The standard InChI is InChI=1S/C24H19ClN2O2S/c1-29-19-10-6-15(7-11-19)20-12-22(16-2-3-16)27-24(21(20)13-26)30-14-23(28)17-4-8-18(25)9-5-17/h4-12,16H,2-3,14H2,1H3. The summed E-state index contributed by atoms with van der Waals surface area (Å²) in [4.78, 5) is 17.3. The van der Waals surface area contributed by atoms with E-state index in [1.807, 2.05) is 30.3 Å². The van der Waals surface area contributed by atoms with E-state index in [9.17, 15) is 10.1 Å². The van der Waals surface area contributed by atoms with Gasteiger partial charge in [-0.1, -0.05) is 35.5 Å². The molecule has 0 N–H and O–H groups in total. The van der Waals surface area contributed by atoms with E-state index in [1.54, 1.807) is 31.4 Å². The number of nitrogens with zero attached hydrogens (tertiary/aromatic N) is 2. The summed E-state index contributed by atoms with van der Waals surface area (Å²) in [5.74, 6) is 1.38. The fourth-order valence-electron chi connectivity index (χ4n) is 3.19. The molecule has 1 aliphatic rings. The molecule has 1 fully saturated rings. The summed E-state index contributed by atoms with van der Waals surface area (Å²) in [6.45, 7) is 0. The lowest BCUT2D eigenvalue weighted by atomic mass is 10.00. The zero-order valence-corrected chi connectivity index (χ0v) is 18.0. The Labute approximate surface area is 184 Å². The fraction of sp³-hybridized carbons (Fsp3) is 0.208. The molecule has 4 nitrogen and oxygen atoms in total. The van der Waals surface area contributed by atoms with Gasteiger partial charge in [0.1, 0.15) is 16.8 Å². The van der Waals surface area contributed by atoms with Crippen molar-refractivity contribution in [3.05, 3.63) is 76.4 Å². The van der Waals surface area contributed by atoms with Crippen LogP contribution in [0.2, 0.25) is 5.02 Å². The number of aromatic nitrogens is 1. The smallest absolute Gasteiger partial charge is 0.173 e. The Balaban J connectivity index is 1.66. The predicted octanol–water partition coefficient (Wildman–Crippen LogP) is 6.13. The molecule has 0 radical (unpaired) electrons. The highest BCUT2D eigenvalue weighted by molar-refractivity contribution is 8.00. The number of hydrogen-bond donors (Lipinski definition) is 0. The highest BCUT2D eigenvalue weighted by Gasteiger charge is 2.27. The average molecular weight is 435 g/mol. The minimum Gasteiger partial charge on any atom is -0.497 e. The quantitative estimate of drug-likeness (QED) is 0.330. The van der Waals surface area contributed by atoms with Crippen molar-refractivity contribution in [2.75, 3.05) is 12.9 Å². The molecular formula is C24H19ClN2O2S.